The molecule has 0 unspecified atom stereocenters. The summed E-state index contributed by atoms with van der Waals surface area (Å²) in [5, 5.41) is 8.19. The summed E-state index contributed by atoms with van der Waals surface area (Å²) in [6, 6.07) is 6.97. The minimum atomic E-state index is -4.07. The van der Waals surface area contributed by atoms with Gasteiger partial charge in [0.25, 0.3) is 0 Å². The van der Waals surface area contributed by atoms with E-state index in [-0.39, 0.29) is 11.6 Å². The first-order valence-electron chi connectivity index (χ1n) is 6.22. The highest BCUT2D eigenvalue weighted by Crippen LogP contribution is 2.39. The van der Waals surface area contributed by atoms with Gasteiger partial charge in [0, 0.05) is 5.41 Å². The molecule has 0 spiro atoms. The van der Waals surface area contributed by atoms with Crippen LogP contribution >= 0.6 is 7.60 Å². The van der Waals surface area contributed by atoms with Crippen LogP contribution in [-0.4, -0.2) is 24.8 Å². The van der Waals surface area contributed by atoms with E-state index in [0.29, 0.717) is 5.56 Å². The van der Waals surface area contributed by atoms with Crippen LogP contribution in [0.5, 0.6) is 0 Å². The van der Waals surface area contributed by atoms with Gasteiger partial charge in [0.1, 0.15) is 0 Å². The molecular weight excluding hydrogens is 277 g/mol. The summed E-state index contributed by atoms with van der Waals surface area (Å²) in [6.07, 6.45) is 1.55. The normalized spacial score (nSPS) is 12.7. The van der Waals surface area contributed by atoms with E-state index in [4.69, 9.17) is 9.79 Å². The molecule has 0 bridgehead atoms. The molecular formula is C13H18N3O3P. The molecule has 108 valence electrons. The summed E-state index contributed by atoms with van der Waals surface area (Å²) in [5.74, 6) is 0. The van der Waals surface area contributed by atoms with Crippen LogP contribution in [-0.2, 0) is 16.1 Å². The van der Waals surface area contributed by atoms with E-state index in [1.165, 1.54) is 0 Å². The van der Waals surface area contributed by atoms with Gasteiger partial charge >= 0.3 is 7.60 Å². The van der Waals surface area contributed by atoms with E-state index in [9.17, 15) is 4.57 Å². The lowest BCUT2D eigenvalue weighted by atomic mass is 9.93. The topological polar surface area (TPSA) is 88.2 Å². The maximum atomic E-state index is 11.0. The predicted molar refractivity (Wildman–Crippen MR) is 75.8 cm³/mol. The van der Waals surface area contributed by atoms with Crippen molar-refractivity contribution < 1.29 is 14.4 Å². The largest absolute Gasteiger partial charge is 0.329 e. The van der Waals surface area contributed by atoms with Gasteiger partial charge in [0.15, 0.2) is 0 Å². The monoisotopic (exact) mass is 295 g/mol. The highest BCUT2D eigenvalue weighted by molar-refractivity contribution is 7.50. The molecule has 0 aliphatic heterocycles. The molecule has 0 fully saturated rings. The molecule has 1 heterocycles. The smallest absolute Gasteiger partial charge is 0.324 e. The van der Waals surface area contributed by atoms with Gasteiger partial charge in [-0.15, -0.1) is 5.10 Å². The molecule has 6 nitrogen and oxygen atoms in total. The minimum Gasteiger partial charge on any atom is -0.324 e. The number of nitrogens with zero attached hydrogens (tertiary/aromatic N) is 3. The van der Waals surface area contributed by atoms with E-state index < -0.39 is 7.60 Å². The van der Waals surface area contributed by atoms with Crippen LogP contribution in [0.15, 0.2) is 30.5 Å². The lowest BCUT2D eigenvalue weighted by Crippen LogP contribution is -2.11. The summed E-state index contributed by atoms with van der Waals surface area (Å²) in [7, 11) is -4.07. The second-order valence-electron chi connectivity index (χ2n) is 5.79. The fourth-order valence-electron chi connectivity index (χ4n) is 1.77. The van der Waals surface area contributed by atoms with Crippen molar-refractivity contribution in [1.29, 1.82) is 0 Å². The Morgan fingerprint density at radius 3 is 2.55 bits per heavy atom. The van der Waals surface area contributed by atoms with Crippen molar-refractivity contribution >= 4 is 7.60 Å². The third-order valence-corrected chi connectivity index (χ3v) is 3.60. The molecule has 0 saturated heterocycles. The Labute approximate surface area is 117 Å². The third kappa shape index (κ3) is 3.76. The summed E-state index contributed by atoms with van der Waals surface area (Å²) < 4.78 is 12.7. The van der Waals surface area contributed by atoms with Crippen molar-refractivity contribution in [1.82, 2.24) is 15.0 Å². The molecule has 0 aliphatic carbocycles. The molecule has 1 aromatic carbocycles. The zero-order valence-corrected chi connectivity index (χ0v) is 12.6. The van der Waals surface area contributed by atoms with Gasteiger partial charge < -0.3 is 9.79 Å². The third-order valence-electron chi connectivity index (χ3n) is 2.83. The van der Waals surface area contributed by atoms with Crippen LogP contribution in [0, 0.1) is 0 Å². The van der Waals surface area contributed by atoms with Gasteiger partial charge in [-0.05, 0) is 17.7 Å². The molecule has 20 heavy (non-hydrogen) atoms. The van der Waals surface area contributed by atoms with Crippen LogP contribution in [0.2, 0.25) is 0 Å². The molecule has 7 heteroatoms. The Morgan fingerprint density at radius 2 is 2.00 bits per heavy atom. The van der Waals surface area contributed by atoms with Gasteiger partial charge in [-0.25, -0.2) is 4.68 Å². The highest BCUT2D eigenvalue weighted by Gasteiger charge is 2.18. The molecule has 2 rings (SSSR count). The van der Waals surface area contributed by atoms with Crippen LogP contribution < -0.4 is 0 Å². The Hall–Kier alpha value is -1.49. The number of hydrogen-bond acceptors (Lipinski definition) is 3. The summed E-state index contributed by atoms with van der Waals surface area (Å²) in [5.41, 5.74) is 2.07. The quantitative estimate of drug-likeness (QED) is 0.848. The molecule has 1 aromatic heterocycles. The molecule has 0 amide bonds. The average molecular weight is 295 g/mol. The molecule has 0 aliphatic rings. The van der Waals surface area contributed by atoms with Crippen LogP contribution in [0.4, 0.5) is 0 Å². The second kappa shape index (κ2) is 5.13. The molecule has 0 radical (unpaired) electrons. The van der Waals surface area contributed by atoms with Gasteiger partial charge in [0.05, 0.1) is 23.7 Å². The van der Waals surface area contributed by atoms with E-state index >= 15 is 0 Å². The first-order chi connectivity index (χ1) is 9.15. The Kier molecular flexibility index (Phi) is 3.82. The minimum absolute atomic E-state index is 0.0955. The van der Waals surface area contributed by atoms with Crippen molar-refractivity contribution in [2.75, 3.05) is 0 Å². The van der Waals surface area contributed by atoms with E-state index in [0.717, 1.165) is 11.4 Å². The average Bonchev–Trinajstić information content (AvgIpc) is 2.75. The first kappa shape index (κ1) is 14.9. The predicted octanol–water partition coefficient (Wildman–Crippen LogP) is 2.24. The fraction of sp³-hybridized carbons (Fsp3) is 0.385. The van der Waals surface area contributed by atoms with Crippen LogP contribution in [0.3, 0.4) is 0 Å². The zero-order valence-electron chi connectivity index (χ0n) is 11.7. The lowest BCUT2D eigenvalue weighted by Gasteiger charge is -2.13. The second-order valence-corrected chi connectivity index (χ2v) is 7.44. The van der Waals surface area contributed by atoms with Gasteiger partial charge in [-0.3, -0.25) is 4.57 Å². The summed E-state index contributed by atoms with van der Waals surface area (Å²) >= 11 is 0. The number of aromatic nitrogens is 3. The number of benzene rings is 1. The molecule has 0 saturated carbocycles. The lowest BCUT2D eigenvalue weighted by molar-refractivity contribution is 0.371. The van der Waals surface area contributed by atoms with Crippen molar-refractivity contribution in [2.45, 2.75) is 32.3 Å². The summed E-state index contributed by atoms with van der Waals surface area (Å²) in [4.78, 5) is 18.0. The molecule has 0 atom stereocenters. The number of rotatable bonds is 3. The van der Waals surface area contributed by atoms with Gasteiger partial charge in [-0.1, -0.05) is 38.1 Å². The van der Waals surface area contributed by atoms with Crippen molar-refractivity contribution in [3.05, 3.63) is 41.7 Å². The maximum absolute atomic E-state index is 11.0. The van der Waals surface area contributed by atoms with E-state index in [1.54, 1.807) is 22.9 Å². The number of hydrogen-bond donors (Lipinski definition) is 2. The Morgan fingerprint density at radius 1 is 1.30 bits per heavy atom. The fourth-order valence-corrected chi connectivity index (χ4v) is 2.44. The highest BCUT2D eigenvalue weighted by atomic mass is 31.2. The van der Waals surface area contributed by atoms with Crippen molar-refractivity contribution in [2.24, 2.45) is 0 Å². The van der Waals surface area contributed by atoms with Crippen LogP contribution in [0.25, 0.3) is 5.69 Å². The van der Waals surface area contributed by atoms with Crippen LogP contribution in [0.1, 0.15) is 32.0 Å². The molecule has 2 N–H and O–H groups in total. The SMILES string of the molecule is CC(C)(C)c1cn(-c2cccc(CP(=O)(O)O)c2)nn1. The van der Waals surface area contributed by atoms with E-state index in [2.05, 4.69) is 10.3 Å². The first-order valence-corrected chi connectivity index (χ1v) is 8.02. The zero-order chi connectivity index (χ0) is 15.0. The Bertz CT molecular complexity index is 655. The maximum Gasteiger partial charge on any atom is 0.329 e. The molecule has 2 aromatic rings. The summed E-state index contributed by atoms with van der Waals surface area (Å²) in [6.45, 7) is 6.14. The van der Waals surface area contributed by atoms with Crippen molar-refractivity contribution in [3.63, 3.8) is 0 Å². The Balaban J connectivity index is 2.32. The van der Waals surface area contributed by atoms with Gasteiger partial charge in [-0.2, -0.15) is 0 Å². The standard InChI is InChI=1S/C13H18N3O3P/c1-13(2,3)12-8-16(15-14-12)11-6-4-5-10(7-11)9-20(17,18)19/h4-8H,9H2,1-3H3,(H2,17,18,19). The van der Waals surface area contributed by atoms with Crippen molar-refractivity contribution in [3.8, 4) is 5.69 Å². The van der Waals surface area contributed by atoms with Gasteiger partial charge in [0.2, 0.25) is 0 Å². The van der Waals surface area contributed by atoms with E-state index in [1.807, 2.05) is 33.0 Å².